The van der Waals surface area contributed by atoms with Crippen molar-refractivity contribution < 1.29 is 13.9 Å². The van der Waals surface area contributed by atoms with Gasteiger partial charge < -0.3 is 10.1 Å². The number of benzene rings is 1. The summed E-state index contributed by atoms with van der Waals surface area (Å²) in [5, 5.41) is 2.96. The Kier molecular flexibility index (Phi) is 5.05. The smallest absolute Gasteiger partial charge is 0.381 e. The molecule has 0 unspecified atom stereocenters. The number of aromatic nitrogens is 4. The van der Waals surface area contributed by atoms with Gasteiger partial charge in [-0.2, -0.15) is 9.78 Å². The lowest BCUT2D eigenvalue weighted by Gasteiger charge is -2.22. The maximum absolute atomic E-state index is 14.3. The van der Waals surface area contributed by atoms with Gasteiger partial charge in [-0.1, -0.05) is 0 Å². The molecule has 0 saturated carbocycles. The number of hydrogen-bond donors (Lipinski definition) is 1. The van der Waals surface area contributed by atoms with Crippen molar-refractivity contribution in [2.75, 3.05) is 18.5 Å². The molecule has 3 heterocycles. The van der Waals surface area contributed by atoms with Crippen LogP contribution in [0.25, 0.3) is 16.0 Å². The molecule has 0 bridgehead atoms. The normalized spacial score (nSPS) is 14.6. The van der Waals surface area contributed by atoms with Crippen LogP contribution in [0.15, 0.2) is 23.1 Å². The summed E-state index contributed by atoms with van der Waals surface area (Å²) in [5.74, 6) is -1.40. The van der Waals surface area contributed by atoms with Gasteiger partial charge in [0, 0.05) is 36.8 Å². The second-order valence-electron chi connectivity index (χ2n) is 7.16. The van der Waals surface area contributed by atoms with E-state index in [9.17, 15) is 14.0 Å². The van der Waals surface area contributed by atoms with E-state index in [2.05, 4.69) is 20.1 Å². The van der Waals surface area contributed by atoms with Crippen molar-refractivity contribution in [1.82, 2.24) is 19.1 Å². The van der Waals surface area contributed by atoms with E-state index in [1.54, 1.807) is 24.7 Å². The summed E-state index contributed by atoms with van der Waals surface area (Å²) in [6, 6.07) is 2.51. The van der Waals surface area contributed by atoms with Crippen LogP contribution in [0.4, 0.5) is 16.0 Å². The molecular weight excluding hydrogens is 391 g/mol. The van der Waals surface area contributed by atoms with Crippen LogP contribution in [-0.2, 0) is 11.8 Å². The lowest BCUT2D eigenvalue weighted by Crippen LogP contribution is -2.30. The predicted molar refractivity (Wildman–Crippen MR) is 109 cm³/mol. The average molecular weight is 411 g/mol. The highest BCUT2D eigenvalue weighted by molar-refractivity contribution is 6.02. The Morgan fingerprint density at radius 2 is 2.10 bits per heavy atom. The SMILES string of the molecule is C#[N+]C(=O)c1cc(C)c(Nc2ncc3c(n2)n(C2CCOCC2)c(=O)n3C)cc1F. The minimum Gasteiger partial charge on any atom is -0.381 e. The standard InChI is InChI=1S/C20H19FN6O3/c1-11-8-13(18(28)22-2)14(21)9-15(11)24-19-23-10-16-17(25-19)27(20(29)26(16)3)12-4-6-30-7-5-12/h2,8-10,12H,4-7H2,1,3H3/p+1. The number of rotatable bonds is 4. The molecule has 1 amide bonds. The largest absolute Gasteiger partial charge is 0.550 e. The van der Waals surface area contributed by atoms with Gasteiger partial charge in [0.05, 0.1) is 6.20 Å². The number of hydrogen-bond acceptors (Lipinski definition) is 6. The summed E-state index contributed by atoms with van der Waals surface area (Å²) in [5.41, 5.74) is 1.69. The van der Waals surface area contributed by atoms with Crippen molar-refractivity contribution in [3.63, 3.8) is 0 Å². The Hall–Kier alpha value is -3.58. The molecule has 30 heavy (non-hydrogen) atoms. The molecule has 0 spiro atoms. The zero-order chi connectivity index (χ0) is 21.4. The van der Waals surface area contributed by atoms with Gasteiger partial charge in [0.25, 0.3) is 6.57 Å². The number of imidazole rings is 1. The fraction of sp³-hybridized carbons (Fsp3) is 0.350. The molecule has 3 aromatic rings. The van der Waals surface area contributed by atoms with Crippen LogP contribution in [0.2, 0.25) is 0 Å². The third kappa shape index (κ3) is 3.33. The van der Waals surface area contributed by atoms with Gasteiger partial charge in [-0.05, 0) is 37.5 Å². The van der Waals surface area contributed by atoms with Gasteiger partial charge >= 0.3 is 11.6 Å². The van der Waals surface area contributed by atoms with Crippen LogP contribution >= 0.6 is 0 Å². The highest BCUT2D eigenvalue weighted by atomic mass is 19.1. The molecule has 1 aliphatic rings. The van der Waals surface area contributed by atoms with Gasteiger partial charge in [-0.3, -0.25) is 9.13 Å². The first-order valence-electron chi connectivity index (χ1n) is 9.45. The lowest BCUT2D eigenvalue weighted by molar-refractivity contribution is 0.0695. The summed E-state index contributed by atoms with van der Waals surface area (Å²) in [4.78, 5) is 36.2. The van der Waals surface area contributed by atoms with Crippen LogP contribution < -0.4 is 11.0 Å². The Labute approximate surface area is 170 Å². The van der Waals surface area contributed by atoms with E-state index in [-0.39, 0.29) is 23.2 Å². The van der Waals surface area contributed by atoms with Crippen LogP contribution in [-0.4, -0.2) is 38.2 Å². The number of nitrogens with zero attached hydrogens (tertiary/aromatic N) is 5. The number of carbonyl (C=O) groups is 1. The van der Waals surface area contributed by atoms with E-state index in [1.165, 1.54) is 10.6 Å². The Bertz CT molecular complexity index is 1250. The van der Waals surface area contributed by atoms with Crippen LogP contribution in [0.3, 0.4) is 0 Å². The molecule has 4 rings (SSSR count). The second kappa shape index (κ2) is 7.68. The second-order valence-corrected chi connectivity index (χ2v) is 7.16. The summed E-state index contributed by atoms with van der Waals surface area (Å²) in [6.45, 7) is 7.84. The van der Waals surface area contributed by atoms with E-state index < -0.39 is 11.7 Å². The van der Waals surface area contributed by atoms with Crippen molar-refractivity contribution in [1.29, 1.82) is 0 Å². The first-order chi connectivity index (χ1) is 14.4. The summed E-state index contributed by atoms with van der Waals surface area (Å²) in [7, 11) is 1.68. The van der Waals surface area contributed by atoms with Crippen LogP contribution in [0.5, 0.6) is 0 Å². The zero-order valence-corrected chi connectivity index (χ0v) is 16.6. The molecule has 1 aliphatic heterocycles. The molecule has 0 aliphatic carbocycles. The molecule has 0 atom stereocenters. The molecule has 154 valence electrons. The average Bonchev–Trinajstić information content (AvgIpc) is 3.00. The predicted octanol–water partition coefficient (Wildman–Crippen LogP) is 2.78. The third-order valence-corrected chi connectivity index (χ3v) is 5.30. The van der Waals surface area contributed by atoms with Crippen molar-refractivity contribution >= 4 is 28.7 Å². The quantitative estimate of drug-likeness (QED) is 0.709. The van der Waals surface area contributed by atoms with Gasteiger partial charge in [0.1, 0.15) is 16.9 Å². The van der Waals surface area contributed by atoms with Crippen molar-refractivity contribution in [2.45, 2.75) is 25.8 Å². The Balaban J connectivity index is 1.74. The number of amides is 1. The first-order valence-corrected chi connectivity index (χ1v) is 9.45. The van der Waals surface area contributed by atoms with Crippen molar-refractivity contribution in [3.05, 3.63) is 50.6 Å². The van der Waals surface area contributed by atoms with Gasteiger partial charge in [0.2, 0.25) is 5.95 Å². The molecule has 2 aromatic heterocycles. The molecule has 10 heteroatoms. The van der Waals surface area contributed by atoms with Crippen LogP contribution in [0, 0.1) is 19.3 Å². The van der Waals surface area contributed by atoms with E-state index in [1.807, 2.05) is 0 Å². The van der Waals surface area contributed by atoms with E-state index >= 15 is 0 Å². The van der Waals surface area contributed by atoms with Gasteiger partial charge in [-0.25, -0.2) is 14.2 Å². The number of anilines is 2. The number of aryl methyl sites for hydroxylation is 2. The molecule has 1 aromatic carbocycles. The molecular formula is C20H20FN6O3+. The Morgan fingerprint density at radius 1 is 1.37 bits per heavy atom. The monoisotopic (exact) mass is 411 g/mol. The summed E-state index contributed by atoms with van der Waals surface area (Å²) < 4.78 is 22.9. The molecule has 9 nitrogen and oxygen atoms in total. The number of nitrogens with one attached hydrogen (secondary N) is 1. The highest BCUT2D eigenvalue weighted by Crippen LogP contribution is 2.26. The maximum Gasteiger partial charge on any atom is 0.550 e. The summed E-state index contributed by atoms with van der Waals surface area (Å²) in [6.07, 6.45) is 2.99. The lowest BCUT2D eigenvalue weighted by atomic mass is 10.1. The highest BCUT2D eigenvalue weighted by Gasteiger charge is 2.24. The number of carbonyl (C=O) groups excluding carboxylic acids is 1. The first kappa shape index (κ1) is 19.7. The fourth-order valence-corrected chi connectivity index (χ4v) is 3.64. The van der Waals surface area contributed by atoms with Crippen molar-refractivity contribution in [2.24, 2.45) is 7.05 Å². The number of ether oxygens (including phenoxy) is 1. The van der Waals surface area contributed by atoms with E-state index in [0.29, 0.717) is 35.6 Å². The molecule has 0 radical (unpaired) electrons. The maximum atomic E-state index is 14.3. The van der Waals surface area contributed by atoms with Gasteiger partial charge in [0.15, 0.2) is 5.65 Å². The van der Waals surface area contributed by atoms with Gasteiger partial charge in [-0.15, -0.1) is 0 Å². The number of fused-ring (bicyclic) bond motifs is 1. The molecule has 1 fully saturated rings. The van der Waals surface area contributed by atoms with Crippen molar-refractivity contribution in [3.8, 4) is 6.57 Å². The summed E-state index contributed by atoms with van der Waals surface area (Å²) >= 11 is 0. The third-order valence-electron chi connectivity index (χ3n) is 5.30. The number of halogens is 1. The zero-order valence-electron chi connectivity index (χ0n) is 16.6. The molecule has 1 saturated heterocycles. The molecule has 1 N–H and O–H groups in total. The van der Waals surface area contributed by atoms with Crippen LogP contribution in [0.1, 0.15) is 34.8 Å². The topological polar surface area (TPSA) is 95.4 Å². The minimum atomic E-state index is -0.843. The fourth-order valence-electron chi connectivity index (χ4n) is 3.64. The minimum absolute atomic E-state index is 0.0119. The Morgan fingerprint density at radius 3 is 2.80 bits per heavy atom. The van der Waals surface area contributed by atoms with E-state index in [0.717, 1.165) is 18.9 Å². The van der Waals surface area contributed by atoms with E-state index in [4.69, 9.17) is 11.3 Å².